The Morgan fingerprint density at radius 3 is 2.76 bits per heavy atom. The van der Waals surface area contributed by atoms with Crippen LogP contribution >= 0.6 is 11.3 Å². The Morgan fingerprint density at radius 2 is 2.18 bits per heavy atom. The van der Waals surface area contributed by atoms with E-state index in [4.69, 9.17) is 0 Å². The van der Waals surface area contributed by atoms with E-state index >= 15 is 0 Å². The summed E-state index contributed by atoms with van der Waals surface area (Å²) in [4.78, 5) is 1.48. The molecule has 0 aliphatic carbocycles. The van der Waals surface area contributed by atoms with Crippen LogP contribution in [0.5, 0.6) is 0 Å². The molecular formula is C14H24N2S. The molecule has 2 N–H and O–H groups in total. The fraction of sp³-hybridized carbons (Fsp3) is 0.714. The molecule has 0 bridgehead atoms. The van der Waals surface area contributed by atoms with E-state index in [1.54, 1.807) is 0 Å². The first-order valence-corrected chi connectivity index (χ1v) is 7.63. The summed E-state index contributed by atoms with van der Waals surface area (Å²) in [5.74, 6) is 1.52. The molecule has 0 saturated carbocycles. The molecule has 1 unspecified atom stereocenters. The summed E-state index contributed by atoms with van der Waals surface area (Å²) < 4.78 is 0. The number of hydrogen-bond donors (Lipinski definition) is 2. The lowest BCUT2D eigenvalue weighted by Crippen LogP contribution is -2.36. The van der Waals surface area contributed by atoms with Crippen molar-refractivity contribution in [2.75, 3.05) is 19.6 Å². The van der Waals surface area contributed by atoms with Crippen LogP contribution in [-0.2, 0) is 0 Å². The molecule has 0 radical (unpaired) electrons. The van der Waals surface area contributed by atoms with Gasteiger partial charge in [-0.3, -0.25) is 0 Å². The lowest BCUT2D eigenvalue weighted by atomic mass is 9.96. The third-order valence-electron chi connectivity index (χ3n) is 3.60. The van der Waals surface area contributed by atoms with E-state index in [1.807, 2.05) is 11.3 Å². The lowest BCUT2D eigenvalue weighted by Gasteiger charge is -2.27. The van der Waals surface area contributed by atoms with Crippen LogP contribution in [0.15, 0.2) is 17.5 Å². The quantitative estimate of drug-likeness (QED) is 0.841. The van der Waals surface area contributed by atoms with Crippen LogP contribution in [0.4, 0.5) is 0 Å². The Morgan fingerprint density at radius 1 is 1.41 bits per heavy atom. The highest BCUT2D eigenvalue weighted by Gasteiger charge is 2.19. The van der Waals surface area contributed by atoms with Gasteiger partial charge in [0, 0.05) is 10.9 Å². The van der Waals surface area contributed by atoms with E-state index in [-0.39, 0.29) is 0 Å². The lowest BCUT2D eigenvalue weighted by molar-refractivity contribution is 0.319. The van der Waals surface area contributed by atoms with Crippen LogP contribution in [0.2, 0.25) is 0 Å². The zero-order chi connectivity index (χ0) is 12.1. The Bertz CT molecular complexity index is 302. The first-order valence-electron chi connectivity index (χ1n) is 6.75. The second kappa shape index (κ2) is 6.53. The standard InChI is InChI=1S/C14H24N2S/c1-11(2)14(13-4-3-9-17-13)16-10-12-5-7-15-8-6-12/h3-4,9,11-12,14-16H,5-8,10H2,1-2H3. The SMILES string of the molecule is CC(C)C(NCC1CCNCC1)c1cccs1. The van der Waals surface area contributed by atoms with Crippen LogP contribution in [0.3, 0.4) is 0 Å². The molecule has 17 heavy (non-hydrogen) atoms. The van der Waals surface area contributed by atoms with E-state index in [0.717, 1.165) is 5.92 Å². The van der Waals surface area contributed by atoms with Gasteiger partial charge in [0.1, 0.15) is 0 Å². The van der Waals surface area contributed by atoms with Crippen molar-refractivity contribution in [2.45, 2.75) is 32.7 Å². The van der Waals surface area contributed by atoms with Gasteiger partial charge in [0.2, 0.25) is 0 Å². The van der Waals surface area contributed by atoms with Crippen LogP contribution in [-0.4, -0.2) is 19.6 Å². The molecule has 1 aromatic heterocycles. The molecule has 0 amide bonds. The van der Waals surface area contributed by atoms with Crippen LogP contribution in [0.25, 0.3) is 0 Å². The zero-order valence-electron chi connectivity index (χ0n) is 10.9. The highest BCUT2D eigenvalue weighted by atomic mass is 32.1. The highest BCUT2D eigenvalue weighted by molar-refractivity contribution is 7.10. The van der Waals surface area contributed by atoms with Gasteiger partial charge in [-0.15, -0.1) is 11.3 Å². The van der Waals surface area contributed by atoms with Crippen LogP contribution in [0.1, 0.15) is 37.6 Å². The normalized spacial score (nSPS) is 19.7. The smallest absolute Gasteiger partial charge is 0.0438 e. The van der Waals surface area contributed by atoms with E-state index in [9.17, 15) is 0 Å². The summed E-state index contributed by atoms with van der Waals surface area (Å²) in [6.07, 6.45) is 2.64. The van der Waals surface area contributed by atoms with Crippen molar-refractivity contribution in [2.24, 2.45) is 11.8 Å². The molecule has 3 heteroatoms. The minimum atomic E-state index is 0.532. The molecular weight excluding hydrogens is 228 g/mol. The minimum absolute atomic E-state index is 0.532. The van der Waals surface area contributed by atoms with Gasteiger partial charge in [-0.25, -0.2) is 0 Å². The van der Waals surface area contributed by atoms with Crippen molar-refractivity contribution in [1.82, 2.24) is 10.6 Å². The number of nitrogens with one attached hydrogen (secondary N) is 2. The second-order valence-corrected chi connectivity index (χ2v) is 6.32. The Hall–Kier alpha value is -0.380. The molecule has 1 saturated heterocycles. The maximum Gasteiger partial charge on any atom is 0.0438 e. The summed E-state index contributed by atoms with van der Waals surface area (Å²) >= 11 is 1.87. The third kappa shape index (κ3) is 3.80. The predicted molar refractivity (Wildman–Crippen MR) is 75.5 cm³/mol. The van der Waals surface area contributed by atoms with Crippen LogP contribution in [0, 0.1) is 11.8 Å². The number of rotatable bonds is 5. The molecule has 2 nitrogen and oxygen atoms in total. The Kier molecular flexibility index (Phi) is 5.01. The topological polar surface area (TPSA) is 24.1 Å². The van der Waals surface area contributed by atoms with Crippen molar-refractivity contribution in [3.8, 4) is 0 Å². The zero-order valence-corrected chi connectivity index (χ0v) is 11.7. The average Bonchev–Trinajstić information content (AvgIpc) is 2.84. The predicted octanol–water partition coefficient (Wildman–Crippen LogP) is 3.03. The number of piperidine rings is 1. The molecule has 2 rings (SSSR count). The first-order chi connectivity index (χ1) is 8.27. The maximum absolute atomic E-state index is 3.77. The minimum Gasteiger partial charge on any atom is -0.317 e. The highest BCUT2D eigenvalue weighted by Crippen LogP contribution is 2.26. The molecule has 1 aliphatic rings. The largest absolute Gasteiger partial charge is 0.317 e. The third-order valence-corrected chi connectivity index (χ3v) is 4.56. The van der Waals surface area contributed by atoms with E-state index in [2.05, 4.69) is 42.0 Å². The van der Waals surface area contributed by atoms with Gasteiger partial charge >= 0.3 is 0 Å². The molecule has 0 aromatic carbocycles. The Labute approximate surface area is 109 Å². The van der Waals surface area contributed by atoms with E-state index in [0.29, 0.717) is 12.0 Å². The second-order valence-electron chi connectivity index (χ2n) is 5.34. The fourth-order valence-corrected chi connectivity index (χ4v) is 3.49. The summed E-state index contributed by atoms with van der Waals surface area (Å²) in [5, 5.41) is 9.38. The van der Waals surface area contributed by atoms with Crippen molar-refractivity contribution >= 4 is 11.3 Å². The van der Waals surface area contributed by atoms with E-state index < -0.39 is 0 Å². The van der Waals surface area contributed by atoms with Gasteiger partial charge in [0.15, 0.2) is 0 Å². The van der Waals surface area contributed by atoms with Crippen molar-refractivity contribution in [1.29, 1.82) is 0 Å². The number of hydrogen-bond acceptors (Lipinski definition) is 3. The molecule has 96 valence electrons. The van der Waals surface area contributed by atoms with Crippen molar-refractivity contribution in [3.05, 3.63) is 22.4 Å². The average molecular weight is 252 g/mol. The summed E-state index contributed by atoms with van der Waals surface area (Å²) in [6, 6.07) is 4.94. The Balaban J connectivity index is 1.85. The molecule has 1 fully saturated rings. The monoisotopic (exact) mass is 252 g/mol. The molecule has 0 spiro atoms. The summed E-state index contributed by atoms with van der Waals surface area (Å²) in [5.41, 5.74) is 0. The van der Waals surface area contributed by atoms with E-state index in [1.165, 1.54) is 37.4 Å². The van der Waals surface area contributed by atoms with Crippen LogP contribution < -0.4 is 10.6 Å². The maximum atomic E-state index is 3.77. The summed E-state index contributed by atoms with van der Waals surface area (Å²) in [7, 11) is 0. The van der Waals surface area contributed by atoms with Gasteiger partial charge in [0.05, 0.1) is 0 Å². The van der Waals surface area contributed by atoms with Crippen molar-refractivity contribution < 1.29 is 0 Å². The van der Waals surface area contributed by atoms with Gasteiger partial charge in [0.25, 0.3) is 0 Å². The molecule has 2 heterocycles. The molecule has 1 aromatic rings. The molecule has 1 aliphatic heterocycles. The van der Waals surface area contributed by atoms with Gasteiger partial charge in [-0.05, 0) is 55.8 Å². The molecule has 1 atom stereocenters. The van der Waals surface area contributed by atoms with Gasteiger partial charge in [-0.1, -0.05) is 19.9 Å². The van der Waals surface area contributed by atoms with Gasteiger partial charge < -0.3 is 10.6 Å². The van der Waals surface area contributed by atoms with Crippen molar-refractivity contribution in [3.63, 3.8) is 0 Å². The number of thiophene rings is 1. The summed E-state index contributed by atoms with van der Waals surface area (Å²) in [6.45, 7) is 8.16. The van der Waals surface area contributed by atoms with Gasteiger partial charge in [-0.2, -0.15) is 0 Å². The fourth-order valence-electron chi connectivity index (χ4n) is 2.51. The first kappa shape index (κ1) is 13.1.